The number of nitrogens with one attached hydrogen (secondary N) is 2. The Labute approximate surface area is 149 Å². The maximum atomic E-state index is 12.5. The van der Waals surface area contributed by atoms with Gasteiger partial charge in [-0.3, -0.25) is 4.79 Å². The Hall–Kier alpha value is -2.47. The molecule has 0 bridgehead atoms. The number of carbonyl (C=O) groups excluding carboxylic acids is 1. The van der Waals surface area contributed by atoms with Gasteiger partial charge < -0.3 is 15.5 Å². The summed E-state index contributed by atoms with van der Waals surface area (Å²) in [6.45, 7) is 7.78. The first-order valence-electron chi connectivity index (χ1n) is 8.47. The van der Waals surface area contributed by atoms with Crippen molar-refractivity contribution in [2.24, 2.45) is 0 Å². The van der Waals surface area contributed by atoms with Crippen LogP contribution in [0.4, 0.5) is 11.6 Å². The molecule has 0 radical (unpaired) electrons. The zero-order valence-electron chi connectivity index (χ0n) is 15.7. The molecule has 0 aliphatic carbocycles. The van der Waals surface area contributed by atoms with Crippen molar-refractivity contribution in [3.05, 3.63) is 46.8 Å². The monoisotopic (exact) mass is 341 g/mol. The van der Waals surface area contributed by atoms with E-state index in [1.165, 1.54) is 5.56 Å². The lowest BCUT2D eigenvalue weighted by Gasteiger charge is -2.13. The molecule has 0 atom stereocenters. The molecule has 6 nitrogen and oxygen atoms in total. The van der Waals surface area contributed by atoms with E-state index in [0.717, 1.165) is 36.3 Å². The first-order valence-corrected chi connectivity index (χ1v) is 8.47. The summed E-state index contributed by atoms with van der Waals surface area (Å²) in [4.78, 5) is 23.2. The van der Waals surface area contributed by atoms with E-state index in [4.69, 9.17) is 0 Å². The van der Waals surface area contributed by atoms with Gasteiger partial charge in [0.15, 0.2) is 0 Å². The Kier molecular flexibility index (Phi) is 6.47. The van der Waals surface area contributed by atoms with Crippen molar-refractivity contribution < 1.29 is 4.79 Å². The molecule has 1 amide bonds. The van der Waals surface area contributed by atoms with Crippen LogP contribution in [0.5, 0.6) is 0 Å². The average molecular weight is 341 g/mol. The molecule has 0 saturated heterocycles. The molecule has 25 heavy (non-hydrogen) atoms. The van der Waals surface area contributed by atoms with Gasteiger partial charge in [-0.25, -0.2) is 9.97 Å². The maximum Gasteiger partial charge on any atom is 0.274 e. The maximum absolute atomic E-state index is 12.5. The molecule has 0 aliphatic rings. The van der Waals surface area contributed by atoms with Crippen molar-refractivity contribution >= 4 is 17.5 Å². The fraction of sp³-hybridized carbons (Fsp3) is 0.421. The molecule has 0 fully saturated rings. The summed E-state index contributed by atoms with van der Waals surface area (Å²) in [5.74, 6) is 0.248. The van der Waals surface area contributed by atoms with E-state index in [9.17, 15) is 4.79 Å². The molecule has 1 aromatic carbocycles. The van der Waals surface area contributed by atoms with Crippen LogP contribution in [0.15, 0.2) is 24.4 Å². The Morgan fingerprint density at radius 1 is 1.16 bits per heavy atom. The number of hydrogen-bond donors (Lipinski definition) is 2. The van der Waals surface area contributed by atoms with E-state index in [-0.39, 0.29) is 5.91 Å². The largest absolute Gasteiger partial charge is 0.354 e. The van der Waals surface area contributed by atoms with Gasteiger partial charge in [0.25, 0.3) is 5.91 Å². The number of aromatic nitrogens is 2. The summed E-state index contributed by atoms with van der Waals surface area (Å²) in [5.41, 5.74) is 4.46. The zero-order chi connectivity index (χ0) is 18.4. The predicted molar refractivity (Wildman–Crippen MR) is 102 cm³/mol. The molecule has 6 heteroatoms. The van der Waals surface area contributed by atoms with Crippen LogP contribution < -0.4 is 10.6 Å². The SMILES string of the molecule is Cc1cc(C)c(NC(=O)c2ccnc(NCCCN(C)C)n2)c(C)c1. The van der Waals surface area contributed by atoms with Gasteiger partial charge >= 0.3 is 0 Å². The molecule has 2 aromatic rings. The van der Waals surface area contributed by atoms with Crippen LogP contribution in [0.25, 0.3) is 0 Å². The second-order valence-corrected chi connectivity index (χ2v) is 6.58. The van der Waals surface area contributed by atoms with E-state index in [1.54, 1.807) is 12.3 Å². The van der Waals surface area contributed by atoms with Crippen molar-refractivity contribution in [2.75, 3.05) is 37.8 Å². The standard InChI is InChI=1S/C19H27N5O/c1-13-11-14(2)17(15(3)12-13)23-18(25)16-7-9-21-19(22-16)20-8-6-10-24(4)5/h7,9,11-12H,6,8,10H2,1-5H3,(H,23,25)(H,20,21,22). The number of aryl methyl sites for hydroxylation is 3. The van der Waals surface area contributed by atoms with Crippen LogP contribution in [-0.4, -0.2) is 48.0 Å². The number of benzene rings is 1. The van der Waals surface area contributed by atoms with Gasteiger partial charge in [-0.05, 0) is 65.0 Å². The average Bonchev–Trinajstić information content (AvgIpc) is 2.55. The lowest BCUT2D eigenvalue weighted by atomic mass is 10.1. The van der Waals surface area contributed by atoms with Crippen LogP contribution in [-0.2, 0) is 0 Å². The van der Waals surface area contributed by atoms with Crippen LogP contribution in [0, 0.1) is 20.8 Å². The van der Waals surface area contributed by atoms with Crippen molar-refractivity contribution in [2.45, 2.75) is 27.2 Å². The quantitative estimate of drug-likeness (QED) is 0.758. The van der Waals surface area contributed by atoms with Gasteiger partial charge in [0.2, 0.25) is 5.95 Å². The number of rotatable bonds is 7. The number of anilines is 2. The molecule has 1 aromatic heterocycles. The minimum absolute atomic E-state index is 0.228. The first-order chi connectivity index (χ1) is 11.9. The molecule has 134 valence electrons. The third-order valence-corrected chi connectivity index (χ3v) is 3.87. The normalized spacial score (nSPS) is 10.8. The molecule has 0 unspecified atom stereocenters. The number of carbonyl (C=O) groups is 1. The Morgan fingerprint density at radius 2 is 1.84 bits per heavy atom. The minimum atomic E-state index is -0.228. The van der Waals surface area contributed by atoms with Crippen LogP contribution in [0.1, 0.15) is 33.6 Å². The highest BCUT2D eigenvalue weighted by Crippen LogP contribution is 2.22. The fourth-order valence-electron chi connectivity index (χ4n) is 2.72. The highest BCUT2D eigenvalue weighted by molar-refractivity contribution is 6.03. The highest BCUT2D eigenvalue weighted by atomic mass is 16.1. The Bertz CT molecular complexity index is 719. The Balaban J connectivity index is 2.04. The third kappa shape index (κ3) is 5.53. The van der Waals surface area contributed by atoms with Gasteiger partial charge in [-0.1, -0.05) is 17.7 Å². The van der Waals surface area contributed by atoms with Crippen molar-refractivity contribution in [3.63, 3.8) is 0 Å². The van der Waals surface area contributed by atoms with E-state index < -0.39 is 0 Å². The van der Waals surface area contributed by atoms with Crippen LogP contribution in [0.2, 0.25) is 0 Å². The summed E-state index contributed by atoms with van der Waals surface area (Å²) in [6.07, 6.45) is 2.58. The predicted octanol–water partition coefficient (Wildman–Crippen LogP) is 3.02. The summed E-state index contributed by atoms with van der Waals surface area (Å²) < 4.78 is 0. The minimum Gasteiger partial charge on any atom is -0.354 e. The second-order valence-electron chi connectivity index (χ2n) is 6.58. The molecule has 1 heterocycles. The van der Waals surface area contributed by atoms with Crippen LogP contribution >= 0.6 is 0 Å². The van der Waals surface area contributed by atoms with Crippen LogP contribution in [0.3, 0.4) is 0 Å². The van der Waals surface area contributed by atoms with Gasteiger partial charge in [0, 0.05) is 18.4 Å². The lowest BCUT2D eigenvalue weighted by molar-refractivity contribution is 0.102. The van der Waals surface area contributed by atoms with E-state index in [1.807, 2.05) is 34.9 Å². The van der Waals surface area contributed by atoms with E-state index in [0.29, 0.717) is 11.6 Å². The molecule has 2 rings (SSSR count). The second kappa shape index (κ2) is 8.58. The van der Waals surface area contributed by atoms with Crippen molar-refractivity contribution in [1.29, 1.82) is 0 Å². The molecule has 0 aliphatic heterocycles. The topological polar surface area (TPSA) is 70.2 Å². The fourth-order valence-corrected chi connectivity index (χ4v) is 2.72. The Morgan fingerprint density at radius 3 is 2.48 bits per heavy atom. The van der Waals surface area contributed by atoms with E-state index in [2.05, 4.69) is 37.6 Å². The molecular formula is C19H27N5O. The van der Waals surface area contributed by atoms with E-state index >= 15 is 0 Å². The molecule has 0 saturated carbocycles. The highest BCUT2D eigenvalue weighted by Gasteiger charge is 2.12. The van der Waals surface area contributed by atoms with Crippen molar-refractivity contribution in [1.82, 2.24) is 14.9 Å². The van der Waals surface area contributed by atoms with Gasteiger partial charge in [0.05, 0.1) is 0 Å². The van der Waals surface area contributed by atoms with Gasteiger partial charge in [-0.2, -0.15) is 0 Å². The molecule has 0 spiro atoms. The third-order valence-electron chi connectivity index (χ3n) is 3.87. The lowest BCUT2D eigenvalue weighted by Crippen LogP contribution is -2.19. The smallest absolute Gasteiger partial charge is 0.274 e. The summed E-state index contributed by atoms with van der Waals surface area (Å²) >= 11 is 0. The first kappa shape index (κ1) is 18.9. The molecule has 2 N–H and O–H groups in total. The number of amides is 1. The summed E-state index contributed by atoms with van der Waals surface area (Å²) in [6, 6.07) is 5.74. The number of nitrogens with zero attached hydrogens (tertiary/aromatic N) is 3. The number of hydrogen-bond acceptors (Lipinski definition) is 5. The van der Waals surface area contributed by atoms with Gasteiger partial charge in [0.1, 0.15) is 5.69 Å². The zero-order valence-corrected chi connectivity index (χ0v) is 15.7. The summed E-state index contributed by atoms with van der Waals surface area (Å²) in [7, 11) is 4.08. The van der Waals surface area contributed by atoms with Crippen molar-refractivity contribution in [3.8, 4) is 0 Å². The summed E-state index contributed by atoms with van der Waals surface area (Å²) in [5, 5.41) is 6.13. The molecular weight excluding hydrogens is 314 g/mol. The van der Waals surface area contributed by atoms with Gasteiger partial charge in [-0.15, -0.1) is 0 Å².